The number of hydrogen-bond donors (Lipinski definition) is 1. The van der Waals surface area contributed by atoms with E-state index in [9.17, 15) is 13.2 Å². The fraction of sp³-hybridized carbons (Fsp3) is 0.130. The third-order valence-electron chi connectivity index (χ3n) is 4.84. The Morgan fingerprint density at radius 3 is 2.58 bits per heavy atom. The summed E-state index contributed by atoms with van der Waals surface area (Å²) < 4.78 is 33.4. The minimum atomic E-state index is -3.86. The number of methoxy groups -OCH3 is 1. The standard InChI is InChI=1S/C23H21N3O4S3/c1-3-26(17-7-5-4-6-8-17)33(28,29)18-9-10-21(30-2)19(13-18)24-22(27)20-15-32-23(25-20)16-11-12-31-14-16/h4-15H,3H2,1-2H3,(H,24,27). The number of hydrogen-bond acceptors (Lipinski definition) is 7. The zero-order chi connectivity index (χ0) is 23.4. The summed E-state index contributed by atoms with van der Waals surface area (Å²) in [6.45, 7) is 2.02. The Morgan fingerprint density at radius 1 is 1.12 bits per heavy atom. The van der Waals surface area contributed by atoms with Crippen LogP contribution in [0.4, 0.5) is 11.4 Å². The molecule has 0 aliphatic rings. The van der Waals surface area contributed by atoms with E-state index >= 15 is 0 Å². The minimum absolute atomic E-state index is 0.0431. The van der Waals surface area contributed by atoms with E-state index in [-0.39, 0.29) is 22.8 Å². The summed E-state index contributed by atoms with van der Waals surface area (Å²) in [7, 11) is -2.41. The van der Waals surface area contributed by atoms with Gasteiger partial charge in [0.15, 0.2) is 0 Å². The molecule has 0 saturated heterocycles. The molecule has 1 amide bonds. The van der Waals surface area contributed by atoms with Crippen molar-refractivity contribution >= 4 is 50.0 Å². The highest BCUT2D eigenvalue weighted by Crippen LogP contribution is 2.32. The topological polar surface area (TPSA) is 88.6 Å². The lowest BCUT2D eigenvalue weighted by atomic mass is 10.3. The van der Waals surface area contributed by atoms with Gasteiger partial charge in [0.2, 0.25) is 0 Å². The van der Waals surface area contributed by atoms with Crippen molar-refractivity contribution in [3.8, 4) is 16.3 Å². The molecule has 33 heavy (non-hydrogen) atoms. The van der Waals surface area contributed by atoms with Gasteiger partial charge in [-0.25, -0.2) is 13.4 Å². The number of aromatic nitrogens is 1. The minimum Gasteiger partial charge on any atom is -0.495 e. The number of anilines is 2. The molecule has 7 nitrogen and oxygen atoms in total. The number of para-hydroxylation sites is 1. The van der Waals surface area contributed by atoms with Crippen molar-refractivity contribution in [2.45, 2.75) is 11.8 Å². The molecule has 170 valence electrons. The number of benzene rings is 2. The first-order valence-electron chi connectivity index (χ1n) is 9.99. The molecule has 2 heterocycles. The first-order chi connectivity index (χ1) is 15.9. The van der Waals surface area contributed by atoms with Crippen LogP contribution in [0.5, 0.6) is 5.75 Å². The van der Waals surface area contributed by atoms with Crippen molar-refractivity contribution in [2.24, 2.45) is 0 Å². The quantitative estimate of drug-likeness (QED) is 0.353. The van der Waals surface area contributed by atoms with Gasteiger partial charge in [-0.15, -0.1) is 11.3 Å². The first-order valence-corrected chi connectivity index (χ1v) is 13.3. The number of carbonyl (C=O) groups is 1. The van der Waals surface area contributed by atoms with Crippen LogP contribution in [0.2, 0.25) is 0 Å². The van der Waals surface area contributed by atoms with Gasteiger partial charge in [0.1, 0.15) is 16.5 Å². The summed E-state index contributed by atoms with van der Waals surface area (Å²) in [5.74, 6) is -0.102. The number of nitrogens with zero attached hydrogens (tertiary/aromatic N) is 2. The van der Waals surface area contributed by atoms with Crippen LogP contribution < -0.4 is 14.4 Å². The van der Waals surface area contributed by atoms with Crippen LogP contribution in [-0.4, -0.2) is 33.0 Å². The molecule has 4 aromatic rings. The molecular weight excluding hydrogens is 478 g/mol. The Kier molecular flexibility index (Phi) is 6.77. The maximum absolute atomic E-state index is 13.4. The van der Waals surface area contributed by atoms with E-state index in [1.165, 1.54) is 41.0 Å². The van der Waals surface area contributed by atoms with Gasteiger partial charge < -0.3 is 10.1 Å². The highest BCUT2D eigenvalue weighted by atomic mass is 32.2. The molecule has 0 bridgehead atoms. The Morgan fingerprint density at radius 2 is 1.91 bits per heavy atom. The maximum atomic E-state index is 13.4. The predicted octanol–water partition coefficient (Wildman–Crippen LogP) is 5.35. The normalized spacial score (nSPS) is 11.2. The van der Waals surface area contributed by atoms with Crippen LogP contribution in [-0.2, 0) is 10.0 Å². The lowest BCUT2D eigenvalue weighted by Gasteiger charge is -2.23. The van der Waals surface area contributed by atoms with Gasteiger partial charge in [0.05, 0.1) is 23.4 Å². The largest absolute Gasteiger partial charge is 0.495 e. The van der Waals surface area contributed by atoms with Crippen molar-refractivity contribution in [3.63, 3.8) is 0 Å². The molecule has 2 aromatic carbocycles. The molecule has 0 fully saturated rings. The number of sulfonamides is 1. The van der Waals surface area contributed by atoms with Gasteiger partial charge in [0, 0.05) is 22.9 Å². The van der Waals surface area contributed by atoms with Crippen LogP contribution >= 0.6 is 22.7 Å². The fourth-order valence-corrected chi connectivity index (χ4v) is 6.25. The Bertz CT molecular complexity index is 1350. The van der Waals surface area contributed by atoms with E-state index in [1.807, 2.05) is 22.9 Å². The van der Waals surface area contributed by atoms with Crippen LogP contribution in [0.1, 0.15) is 17.4 Å². The van der Waals surface area contributed by atoms with Crippen molar-refractivity contribution in [2.75, 3.05) is 23.3 Å². The van der Waals surface area contributed by atoms with Crippen molar-refractivity contribution in [1.82, 2.24) is 4.98 Å². The zero-order valence-electron chi connectivity index (χ0n) is 17.9. The maximum Gasteiger partial charge on any atom is 0.275 e. The molecule has 4 rings (SSSR count). The molecule has 0 atom stereocenters. The molecule has 2 aromatic heterocycles. The van der Waals surface area contributed by atoms with Crippen molar-refractivity contribution in [1.29, 1.82) is 0 Å². The smallest absolute Gasteiger partial charge is 0.275 e. The molecule has 0 radical (unpaired) electrons. The average Bonchev–Trinajstić information content (AvgIpc) is 3.52. The second-order valence-corrected chi connectivity index (χ2v) is 10.4. The number of thiazole rings is 1. The highest BCUT2D eigenvalue weighted by molar-refractivity contribution is 7.92. The molecule has 0 spiro atoms. The molecule has 0 saturated carbocycles. The summed E-state index contributed by atoms with van der Waals surface area (Å²) in [5.41, 5.74) is 2.01. The zero-order valence-corrected chi connectivity index (χ0v) is 20.3. The van der Waals surface area contributed by atoms with E-state index in [1.54, 1.807) is 47.9 Å². The highest BCUT2D eigenvalue weighted by Gasteiger charge is 2.25. The number of ether oxygens (including phenoxy) is 1. The van der Waals surface area contributed by atoms with E-state index < -0.39 is 15.9 Å². The summed E-state index contributed by atoms with van der Waals surface area (Å²) in [5, 5.41) is 9.07. The molecule has 0 aliphatic carbocycles. The van der Waals surface area contributed by atoms with Gasteiger partial charge >= 0.3 is 0 Å². The lowest BCUT2D eigenvalue weighted by molar-refractivity contribution is 0.102. The van der Waals surface area contributed by atoms with Gasteiger partial charge in [0.25, 0.3) is 15.9 Å². The molecule has 0 aliphatic heterocycles. The van der Waals surface area contributed by atoms with E-state index in [0.717, 1.165) is 10.6 Å². The van der Waals surface area contributed by atoms with Gasteiger partial charge in [-0.1, -0.05) is 18.2 Å². The summed E-state index contributed by atoms with van der Waals surface area (Å²) >= 11 is 2.92. The second kappa shape index (κ2) is 9.74. The van der Waals surface area contributed by atoms with E-state index in [4.69, 9.17) is 4.74 Å². The SMILES string of the molecule is CCN(c1ccccc1)S(=O)(=O)c1ccc(OC)c(NC(=O)c2csc(-c3ccsc3)n2)c1. The fourth-order valence-electron chi connectivity index (χ4n) is 3.24. The lowest BCUT2D eigenvalue weighted by Crippen LogP contribution is -2.30. The first kappa shape index (κ1) is 23.0. The third kappa shape index (κ3) is 4.77. The summed E-state index contributed by atoms with van der Waals surface area (Å²) in [6.07, 6.45) is 0. The van der Waals surface area contributed by atoms with Crippen molar-refractivity contribution < 1.29 is 17.9 Å². The average molecular weight is 500 g/mol. The van der Waals surface area contributed by atoms with E-state index in [2.05, 4.69) is 10.3 Å². The molecule has 10 heteroatoms. The van der Waals surface area contributed by atoms with Gasteiger partial charge in [-0.05, 0) is 48.7 Å². The Balaban J connectivity index is 1.64. The number of carbonyl (C=O) groups excluding carboxylic acids is 1. The van der Waals surface area contributed by atoms with Crippen LogP contribution in [0.3, 0.4) is 0 Å². The van der Waals surface area contributed by atoms with Crippen LogP contribution in [0.15, 0.2) is 75.6 Å². The Labute approximate surface area is 200 Å². The summed E-state index contributed by atoms with van der Waals surface area (Å²) in [4.78, 5) is 17.3. The monoisotopic (exact) mass is 499 g/mol. The molecule has 0 unspecified atom stereocenters. The second-order valence-electron chi connectivity index (χ2n) is 6.87. The van der Waals surface area contributed by atoms with Crippen molar-refractivity contribution in [3.05, 3.63) is 76.4 Å². The van der Waals surface area contributed by atoms with E-state index in [0.29, 0.717) is 11.4 Å². The van der Waals surface area contributed by atoms with Crippen LogP contribution in [0.25, 0.3) is 10.6 Å². The van der Waals surface area contributed by atoms with Crippen LogP contribution in [0, 0.1) is 0 Å². The molecular formula is C23H21N3O4S3. The predicted molar refractivity (Wildman–Crippen MR) is 133 cm³/mol. The van der Waals surface area contributed by atoms with Gasteiger partial charge in [-0.3, -0.25) is 9.10 Å². The number of amides is 1. The number of thiophene rings is 1. The number of nitrogens with one attached hydrogen (secondary N) is 1. The third-order valence-corrected chi connectivity index (χ3v) is 8.32. The number of rotatable bonds is 8. The molecule has 1 N–H and O–H groups in total. The Hall–Kier alpha value is -3.21. The van der Waals surface area contributed by atoms with Gasteiger partial charge in [-0.2, -0.15) is 11.3 Å². The summed E-state index contributed by atoms with van der Waals surface area (Å²) in [6, 6.07) is 15.2.